The molecule has 0 amide bonds. The number of unbranched alkanes of at least 4 members (excludes halogenated alkanes) is 2. The normalized spacial score (nSPS) is 11.2. The summed E-state index contributed by atoms with van der Waals surface area (Å²) in [5.74, 6) is 0.822. The molecule has 0 spiro atoms. The minimum Gasteiger partial charge on any atom is -0.497 e. The highest BCUT2D eigenvalue weighted by molar-refractivity contribution is 6.02. The molecule has 0 fully saturated rings. The van der Waals surface area contributed by atoms with Crippen molar-refractivity contribution in [3.05, 3.63) is 102 Å². The quantitative estimate of drug-likeness (QED) is 0.239. The van der Waals surface area contributed by atoms with E-state index in [0.29, 0.717) is 18.6 Å². The average Bonchev–Trinajstić information content (AvgIpc) is 3.28. The van der Waals surface area contributed by atoms with E-state index < -0.39 is 0 Å². The van der Waals surface area contributed by atoms with Crippen LogP contribution in [0.4, 0.5) is 0 Å². The van der Waals surface area contributed by atoms with E-state index in [1.807, 2.05) is 41.0 Å². The lowest BCUT2D eigenvalue weighted by Crippen LogP contribution is -2.21. The third-order valence-electron chi connectivity index (χ3n) is 6.75. The van der Waals surface area contributed by atoms with Crippen LogP contribution in [0.1, 0.15) is 24.8 Å². The Bertz CT molecular complexity index is 1520. The highest BCUT2D eigenvalue weighted by Gasteiger charge is 2.23. The van der Waals surface area contributed by atoms with Crippen LogP contribution in [-0.4, -0.2) is 32.9 Å². The van der Waals surface area contributed by atoms with Gasteiger partial charge in [-0.2, -0.15) is 0 Å². The van der Waals surface area contributed by atoms with Crippen LogP contribution in [0, 0.1) is 5.41 Å². The van der Waals surface area contributed by atoms with Gasteiger partial charge in [0.2, 0.25) is 0 Å². The maximum absolute atomic E-state index is 9.26. The topological polar surface area (TPSA) is 76.1 Å². The molecule has 3 aromatic carbocycles. The Hall–Kier alpha value is -4.16. The number of rotatable bonds is 10. The molecule has 5 rings (SSSR count). The number of ether oxygens (including phenoxy) is 1. The summed E-state index contributed by atoms with van der Waals surface area (Å²) in [7, 11) is 1.67. The first-order chi connectivity index (χ1) is 18.2. The van der Waals surface area contributed by atoms with Gasteiger partial charge in [0, 0.05) is 25.3 Å². The van der Waals surface area contributed by atoms with Crippen LogP contribution in [0.2, 0.25) is 0 Å². The van der Waals surface area contributed by atoms with Gasteiger partial charge in [0.25, 0.3) is 0 Å². The molecule has 0 atom stereocenters. The standard InChI is InChI=1S/C31H32N4O2/c1-37-26-17-15-23(16-18-26)21-35-29(25-13-7-3-8-14-25)27(24-11-5-2-6-12-24)28-30(32)34(22-33-31(28)35)19-9-4-10-20-36/h2-3,5-8,11-18,22,32,36H,4,9-10,19-21H2,1H3. The van der Waals surface area contributed by atoms with Crippen molar-refractivity contribution in [1.29, 1.82) is 5.41 Å². The minimum absolute atomic E-state index is 0.197. The number of aryl methyl sites for hydroxylation is 1. The Kier molecular flexibility index (Phi) is 7.47. The molecule has 2 N–H and O–H groups in total. The van der Waals surface area contributed by atoms with Crippen LogP contribution in [0.25, 0.3) is 33.4 Å². The van der Waals surface area contributed by atoms with E-state index in [1.54, 1.807) is 13.4 Å². The van der Waals surface area contributed by atoms with Gasteiger partial charge in [0.15, 0.2) is 0 Å². The molecule has 0 saturated heterocycles. The Morgan fingerprint density at radius 1 is 0.838 bits per heavy atom. The zero-order chi connectivity index (χ0) is 25.6. The van der Waals surface area contributed by atoms with Crippen LogP contribution in [0.15, 0.2) is 91.3 Å². The van der Waals surface area contributed by atoms with Crippen molar-refractivity contribution in [3.63, 3.8) is 0 Å². The fourth-order valence-corrected chi connectivity index (χ4v) is 4.88. The fourth-order valence-electron chi connectivity index (χ4n) is 4.88. The van der Waals surface area contributed by atoms with E-state index in [4.69, 9.17) is 14.8 Å². The molecule has 0 aliphatic carbocycles. The summed E-state index contributed by atoms with van der Waals surface area (Å²) < 4.78 is 9.53. The summed E-state index contributed by atoms with van der Waals surface area (Å²) in [6.07, 6.45) is 4.37. The van der Waals surface area contributed by atoms with E-state index in [0.717, 1.165) is 64.0 Å². The van der Waals surface area contributed by atoms with E-state index in [2.05, 4.69) is 53.1 Å². The zero-order valence-corrected chi connectivity index (χ0v) is 21.1. The third-order valence-corrected chi connectivity index (χ3v) is 6.75. The zero-order valence-electron chi connectivity index (χ0n) is 21.1. The van der Waals surface area contributed by atoms with Gasteiger partial charge in [-0.1, -0.05) is 72.8 Å². The lowest BCUT2D eigenvalue weighted by atomic mass is 9.99. The molecule has 6 heteroatoms. The van der Waals surface area contributed by atoms with Gasteiger partial charge < -0.3 is 19.0 Å². The van der Waals surface area contributed by atoms with Gasteiger partial charge in [0.05, 0.1) is 24.5 Å². The summed E-state index contributed by atoms with van der Waals surface area (Å²) in [5.41, 5.74) is 6.61. The second kappa shape index (κ2) is 11.3. The van der Waals surface area contributed by atoms with Gasteiger partial charge in [-0.05, 0) is 48.1 Å². The first kappa shape index (κ1) is 24.5. The minimum atomic E-state index is 0.197. The number of aliphatic hydroxyl groups excluding tert-OH is 1. The predicted molar refractivity (Wildman–Crippen MR) is 147 cm³/mol. The molecule has 5 aromatic rings. The predicted octanol–water partition coefficient (Wildman–Crippen LogP) is 5.87. The van der Waals surface area contributed by atoms with E-state index >= 15 is 0 Å². The Morgan fingerprint density at radius 2 is 1.51 bits per heavy atom. The van der Waals surface area contributed by atoms with Crippen molar-refractivity contribution in [2.75, 3.05) is 13.7 Å². The monoisotopic (exact) mass is 492 g/mol. The maximum atomic E-state index is 9.26. The number of nitrogens with one attached hydrogen (secondary N) is 1. The first-order valence-electron chi connectivity index (χ1n) is 12.7. The average molecular weight is 493 g/mol. The van der Waals surface area contributed by atoms with Crippen LogP contribution in [0.5, 0.6) is 5.75 Å². The second-order valence-corrected chi connectivity index (χ2v) is 9.16. The second-order valence-electron chi connectivity index (χ2n) is 9.16. The first-order valence-corrected chi connectivity index (χ1v) is 12.7. The number of aromatic nitrogens is 3. The number of hydrogen-bond acceptors (Lipinski definition) is 4. The summed E-state index contributed by atoms with van der Waals surface area (Å²) in [6, 6.07) is 28.8. The van der Waals surface area contributed by atoms with Crippen molar-refractivity contribution >= 4 is 11.0 Å². The smallest absolute Gasteiger partial charge is 0.146 e. The molecular weight excluding hydrogens is 460 g/mol. The van der Waals surface area contributed by atoms with Crippen LogP contribution in [-0.2, 0) is 13.1 Å². The van der Waals surface area contributed by atoms with Crippen molar-refractivity contribution in [2.24, 2.45) is 0 Å². The maximum Gasteiger partial charge on any atom is 0.146 e. The van der Waals surface area contributed by atoms with E-state index in [-0.39, 0.29) is 6.61 Å². The van der Waals surface area contributed by atoms with Crippen LogP contribution in [0.3, 0.4) is 0 Å². The summed E-state index contributed by atoms with van der Waals surface area (Å²) in [5, 5.41) is 19.3. The molecule has 0 unspecified atom stereocenters. The number of nitrogens with zero attached hydrogens (tertiary/aromatic N) is 3. The van der Waals surface area contributed by atoms with Gasteiger partial charge in [-0.15, -0.1) is 0 Å². The largest absolute Gasteiger partial charge is 0.497 e. The number of aliphatic hydroxyl groups is 1. The van der Waals surface area contributed by atoms with Crippen molar-refractivity contribution in [2.45, 2.75) is 32.4 Å². The molecule has 37 heavy (non-hydrogen) atoms. The molecular formula is C31H32N4O2. The molecule has 0 aliphatic rings. The summed E-state index contributed by atoms with van der Waals surface area (Å²) in [6.45, 7) is 1.51. The third kappa shape index (κ3) is 5.06. The number of methoxy groups -OCH3 is 1. The number of fused-ring (bicyclic) bond motifs is 1. The lowest BCUT2D eigenvalue weighted by Gasteiger charge is -2.13. The number of benzene rings is 3. The summed E-state index contributed by atoms with van der Waals surface area (Å²) >= 11 is 0. The Labute approximate surface area is 217 Å². The molecule has 2 aromatic heterocycles. The molecule has 0 aliphatic heterocycles. The highest BCUT2D eigenvalue weighted by Crippen LogP contribution is 2.39. The molecule has 2 heterocycles. The summed E-state index contributed by atoms with van der Waals surface area (Å²) in [4.78, 5) is 4.93. The van der Waals surface area contributed by atoms with Gasteiger partial charge >= 0.3 is 0 Å². The van der Waals surface area contributed by atoms with Gasteiger partial charge in [-0.25, -0.2) is 4.98 Å². The Morgan fingerprint density at radius 3 is 2.16 bits per heavy atom. The van der Waals surface area contributed by atoms with Crippen LogP contribution < -0.4 is 10.2 Å². The molecule has 6 nitrogen and oxygen atoms in total. The van der Waals surface area contributed by atoms with Gasteiger partial charge in [0.1, 0.15) is 16.9 Å². The van der Waals surface area contributed by atoms with Crippen LogP contribution >= 0.6 is 0 Å². The highest BCUT2D eigenvalue weighted by atomic mass is 16.5. The van der Waals surface area contributed by atoms with E-state index in [9.17, 15) is 5.41 Å². The van der Waals surface area contributed by atoms with Crippen molar-refractivity contribution in [1.82, 2.24) is 14.1 Å². The molecule has 0 radical (unpaired) electrons. The Balaban J connectivity index is 1.76. The van der Waals surface area contributed by atoms with Crippen molar-refractivity contribution < 1.29 is 9.84 Å². The molecule has 0 bridgehead atoms. The van der Waals surface area contributed by atoms with Crippen molar-refractivity contribution in [3.8, 4) is 28.1 Å². The number of hydrogen-bond donors (Lipinski definition) is 2. The molecule has 188 valence electrons. The van der Waals surface area contributed by atoms with Gasteiger partial charge in [-0.3, -0.25) is 5.41 Å². The lowest BCUT2D eigenvalue weighted by molar-refractivity contribution is 0.281. The fraction of sp³-hybridized carbons (Fsp3) is 0.226. The SMILES string of the molecule is COc1ccc(Cn2c(-c3ccccc3)c(-c3ccccc3)c3c(=N)n(CCCCCO)cnc32)cc1. The van der Waals surface area contributed by atoms with E-state index in [1.165, 1.54) is 0 Å². The molecule has 0 saturated carbocycles.